The van der Waals surface area contributed by atoms with Gasteiger partial charge in [0, 0.05) is 17.8 Å². The third-order valence-electron chi connectivity index (χ3n) is 2.83. The summed E-state index contributed by atoms with van der Waals surface area (Å²) in [6, 6.07) is 4.60. The monoisotopic (exact) mass is 280 g/mol. The van der Waals surface area contributed by atoms with E-state index in [0.29, 0.717) is 11.4 Å². The Morgan fingerprint density at radius 1 is 1.45 bits per heavy atom. The quantitative estimate of drug-likeness (QED) is 0.520. The third-order valence-corrected chi connectivity index (χ3v) is 2.83. The molecule has 1 aromatic carbocycles. The number of carbonyl (C=O) groups is 2. The van der Waals surface area contributed by atoms with Gasteiger partial charge in [0.1, 0.15) is 6.04 Å². The number of benzene rings is 1. The first-order valence-corrected chi connectivity index (χ1v) is 6.45. The van der Waals surface area contributed by atoms with E-state index in [1.807, 2.05) is 13.0 Å². The maximum absolute atomic E-state index is 11.8. The molecule has 0 spiro atoms. The second kappa shape index (κ2) is 7.37. The van der Waals surface area contributed by atoms with Gasteiger partial charge in [-0.2, -0.15) is 0 Å². The van der Waals surface area contributed by atoms with Gasteiger partial charge in [0.05, 0.1) is 6.61 Å². The maximum atomic E-state index is 11.8. The number of rotatable bonds is 7. The van der Waals surface area contributed by atoms with Crippen molar-refractivity contribution in [3.8, 4) is 0 Å². The normalized spacial score (nSPS) is 11.7. The van der Waals surface area contributed by atoms with E-state index in [2.05, 4.69) is 5.32 Å². The van der Waals surface area contributed by atoms with Gasteiger partial charge >= 0.3 is 11.9 Å². The molecule has 0 saturated carbocycles. The Kier molecular flexibility index (Phi) is 5.83. The topological polar surface area (TPSA) is 102 Å². The van der Waals surface area contributed by atoms with Crippen LogP contribution in [0.4, 0.5) is 11.4 Å². The first kappa shape index (κ1) is 15.8. The van der Waals surface area contributed by atoms with Gasteiger partial charge in [-0.15, -0.1) is 0 Å². The van der Waals surface area contributed by atoms with Gasteiger partial charge in [-0.1, -0.05) is 0 Å². The second-order valence-electron chi connectivity index (χ2n) is 4.45. The molecule has 0 radical (unpaired) electrons. The Labute approximate surface area is 117 Å². The third kappa shape index (κ3) is 4.79. The van der Waals surface area contributed by atoms with Crippen LogP contribution in [0.1, 0.15) is 25.3 Å². The fourth-order valence-electron chi connectivity index (χ4n) is 1.73. The number of nitrogens with two attached hydrogens (primary N) is 1. The smallest absolute Gasteiger partial charge is 0.328 e. The largest absolute Gasteiger partial charge is 0.481 e. The molecule has 1 atom stereocenters. The molecule has 0 aliphatic carbocycles. The van der Waals surface area contributed by atoms with E-state index < -0.39 is 18.0 Å². The SMILES string of the molecule is CCOC(=O)C(CCC(=O)O)Nc1ccc(N)c(C)c1. The average Bonchev–Trinajstić information content (AvgIpc) is 2.38. The summed E-state index contributed by atoms with van der Waals surface area (Å²) in [5.41, 5.74) is 7.98. The van der Waals surface area contributed by atoms with Gasteiger partial charge in [0.15, 0.2) is 0 Å². The fraction of sp³-hybridized carbons (Fsp3) is 0.429. The predicted octanol–water partition coefficient (Wildman–Crippen LogP) is 1.79. The predicted molar refractivity (Wildman–Crippen MR) is 76.5 cm³/mol. The lowest BCUT2D eigenvalue weighted by Crippen LogP contribution is -2.32. The highest BCUT2D eigenvalue weighted by molar-refractivity contribution is 5.80. The lowest BCUT2D eigenvalue weighted by molar-refractivity contribution is -0.144. The van der Waals surface area contributed by atoms with Crippen molar-refractivity contribution in [1.29, 1.82) is 0 Å². The standard InChI is InChI=1S/C14H20N2O4/c1-3-20-14(19)12(6-7-13(17)18)16-10-4-5-11(15)9(2)8-10/h4-5,8,12,16H,3,6-7,15H2,1-2H3,(H,17,18). The molecule has 0 heterocycles. The molecule has 0 aromatic heterocycles. The number of carboxylic acid groups (broad SMARTS) is 1. The molecule has 0 aliphatic heterocycles. The van der Waals surface area contributed by atoms with E-state index in [9.17, 15) is 9.59 Å². The van der Waals surface area contributed by atoms with Crippen LogP contribution in [-0.4, -0.2) is 29.7 Å². The summed E-state index contributed by atoms with van der Waals surface area (Å²) in [5, 5.41) is 11.7. The molecule has 6 nitrogen and oxygen atoms in total. The first-order chi connectivity index (χ1) is 9.43. The number of carboxylic acids is 1. The van der Waals surface area contributed by atoms with Crippen molar-refractivity contribution in [2.24, 2.45) is 0 Å². The molecule has 0 saturated heterocycles. The van der Waals surface area contributed by atoms with Crippen LogP contribution in [0.2, 0.25) is 0 Å². The summed E-state index contributed by atoms with van der Waals surface area (Å²) < 4.78 is 4.94. The van der Waals surface area contributed by atoms with Crippen molar-refractivity contribution in [2.45, 2.75) is 32.7 Å². The summed E-state index contributed by atoms with van der Waals surface area (Å²) in [6.45, 7) is 3.82. The Balaban J connectivity index is 2.78. The highest BCUT2D eigenvalue weighted by Crippen LogP contribution is 2.18. The van der Waals surface area contributed by atoms with Crippen LogP contribution in [0.3, 0.4) is 0 Å². The summed E-state index contributed by atoms with van der Waals surface area (Å²) in [6.07, 6.45) is 0.0576. The summed E-state index contributed by atoms with van der Waals surface area (Å²) in [4.78, 5) is 22.4. The highest BCUT2D eigenvalue weighted by Gasteiger charge is 2.20. The number of hydrogen-bond donors (Lipinski definition) is 3. The van der Waals surface area contributed by atoms with Gasteiger partial charge in [0.2, 0.25) is 0 Å². The average molecular weight is 280 g/mol. The zero-order valence-electron chi connectivity index (χ0n) is 11.7. The number of carbonyl (C=O) groups excluding carboxylic acids is 1. The van der Waals surface area contributed by atoms with Crippen molar-refractivity contribution >= 4 is 23.3 Å². The van der Waals surface area contributed by atoms with Gasteiger partial charge in [-0.3, -0.25) is 4.79 Å². The van der Waals surface area contributed by atoms with Crippen LogP contribution in [0.5, 0.6) is 0 Å². The Bertz CT molecular complexity index is 488. The zero-order chi connectivity index (χ0) is 15.1. The van der Waals surface area contributed by atoms with Crippen LogP contribution in [-0.2, 0) is 14.3 Å². The lowest BCUT2D eigenvalue weighted by Gasteiger charge is -2.18. The first-order valence-electron chi connectivity index (χ1n) is 6.45. The second-order valence-corrected chi connectivity index (χ2v) is 4.45. The molecular formula is C14H20N2O4. The molecule has 0 bridgehead atoms. The van der Waals surface area contributed by atoms with E-state index in [4.69, 9.17) is 15.6 Å². The lowest BCUT2D eigenvalue weighted by atomic mass is 10.1. The number of aliphatic carboxylic acids is 1. The fourth-order valence-corrected chi connectivity index (χ4v) is 1.73. The van der Waals surface area contributed by atoms with Gasteiger partial charge < -0.3 is 20.9 Å². The number of nitrogen functional groups attached to an aromatic ring is 1. The maximum Gasteiger partial charge on any atom is 0.328 e. The van der Waals surface area contributed by atoms with Crippen LogP contribution in [0, 0.1) is 6.92 Å². The van der Waals surface area contributed by atoms with Crippen molar-refractivity contribution < 1.29 is 19.4 Å². The Hall–Kier alpha value is -2.24. The minimum atomic E-state index is -0.949. The molecule has 0 fully saturated rings. The van der Waals surface area contributed by atoms with Gasteiger partial charge in [-0.05, 0) is 44.0 Å². The van der Waals surface area contributed by atoms with Crippen LogP contribution in [0.15, 0.2) is 18.2 Å². The van der Waals surface area contributed by atoms with E-state index in [1.165, 1.54) is 0 Å². The highest BCUT2D eigenvalue weighted by atomic mass is 16.5. The van der Waals surface area contributed by atoms with Crippen molar-refractivity contribution in [2.75, 3.05) is 17.7 Å². The summed E-state index contributed by atoms with van der Waals surface area (Å²) >= 11 is 0. The van der Waals surface area contributed by atoms with E-state index in [1.54, 1.807) is 19.1 Å². The number of esters is 1. The van der Waals surface area contributed by atoms with Gasteiger partial charge in [-0.25, -0.2) is 4.79 Å². The molecule has 1 aromatic rings. The molecule has 1 rings (SSSR count). The Morgan fingerprint density at radius 3 is 2.70 bits per heavy atom. The number of hydrogen-bond acceptors (Lipinski definition) is 5. The van der Waals surface area contributed by atoms with Crippen molar-refractivity contribution in [3.05, 3.63) is 23.8 Å². The van der Waals surface area contributed by atoms with E-state index in [-0.39, 0.29) is 19.4 Å². The molecule has 0 aliphatic rings. The molecule has 6 heteroatoms. The van der Waals surface area contributed by atoms with E-state index >= 15 is 0 Å². The minimum absolute atomic E-state index is 0.107. The summed E-state index contributed by atoms with van der Waals surface area (Å²) in [7, 11) is 0. The van der Waals surface area contributed by atoms with Crippen LogP contribution in [0.25, 0.3) is 0 Å². The molecule has 110 valence electrons. The van der Waals surface area contributed by atoms with Crippen molar-refractivity contribution in [3.63, 3.8) is 0 Å². The van der Waals surface area contributed by atoms with Crippen molar-refractivity contribution in [1.82, 2.24) is 0 Å². The Morgan fingerprint density at radius 2 is 2.15 bits per heavy atom. The van der Waals surface area contributed by atoms with Crippen LogP contribution >= 0.6 is 0 Å². The molecular weight excluding hydrogens is 260 g/mol. The zero-order valence-corrected chi connectivity index (χ0v) is 11.7. The number of nitrogens with one attached hydrogen (secondary N) is 1. The molecule has 0 amide bonds. The number of ether oxygens (including phenoxy) is 1. The van der Waals surface area contributed by atoms with E-state index in [0.717, 1.165) is 5.56 Å². The molecule has 20 heavy (non-hydrogen) atoms. The molecule has 1 unspecified atom stereocenters. The van der Waals surface area contributed by atoms with Gasteiger partial charge in [0.25, 0.3) is 0 Å². The minimum Gasteiger partial charge on any atom is -0.481 e. The number of anilines is 2. The molecule has 4 N–H and O–H groups in total. The summed E-state index contributed by atoms with van der Waals surface area (Å²) in [5.74, 6) is -1.40. The van der Waals surface area contributed by atoms with Crippen LogP contribution < -0.4 is 11.1 Å². The number of aryl methyl sites for hydroxylation is 1.